The molecule has 0 spiro atoms. The van der Waals surface area contributed by atoms with Crippen LogP contribution in [0.3, 0.4) is 0 Å². The van der Waals surface area contributed by atoms with E-state index in [-0.39, 0.29) is 17.8 Å². The number of benzene rings is 1. The molecule has 0 radical (unpaired) electrons. The van der Waals surface area contributed by atoms with E-state index in [2.05, 4.69) is 15.3 Å². The molecule has 0 aliphatic heterocycles. The lowest BCUT2D eigenvalue weighted by Crippen LogP contribution is -2.26. The van der Waals surface area contributed by atoms with Gasteiger partial charge >= 0.3 is 6.18 Å². The van der Waals surface area contributed by atoms with Gasteiger partial charge in [-0.2, -0.15) is 13.2 Å². The normalized spacial score (nSPS) is 15.6. The van der Waals surface area contributed by atoms with Crippen molar-refractivity contribution in [2.45, 2.75) is 50.7 Å². The van der Waals surface area contributed by atoms with E-state index < -0.39 is 11.7 Å². The van der Waals surface area contributed by atoms with E-state index in [0.29, 0.717) is 16.9 Å². The van der Waals surface area contributed by atoms with Crippen LogP contribution in [0.1, 0.15) is 54.7 Å². The molecule has 1 aliphatic carbocycles. The highest BCUT2D eigenvalue weighted by molar-refractivity contribution is 5.91. The molecule has 8 heteroatoms. The molecule has 0 saturated heterocycles. The second-order valence-electron chi connectivity index (χ2n) is 7.56. The minimum Gasteiger partial charge on any atom is -0.367 e. The second-order valence-corrected chi connectivity index (χ2v) is 7.56. The van der Waals surface area contributed by atoms with E-state index in [1.807, 2.05) is 0 Å². The second kappa shape index (κ2) is 8.80. The Labute approximate surface area is 168 Å². The van der Waals surface area contributed by atoms with Gasteiger partial charge in [0.25, 0.3) is 5.91 Å². The number of aromatic nitrogens is 2. The number of anilines is 1. The van der Waals surface area contributed by atoms with Gasteiger partial charge in [-0.3, -0.25) is 4.79 Å². The molecule has 1 fully saturated rings. The number of carbonyl (C=O) groups is 1. The summed E-state index contributed by atoms with van der Waals surface area (Å²) in [4.78, 5) is 22.3. The molecule has 1 aliphatic rings. The molecule has 1 N–H and O–H groups in total. The van der Waals surface area contributed by atoms with Crippen molar-refractivity contribution in [3.8, 4) is 11.1 Å². The first kappa shape index (κ1) is 21.1. The van der Waals surface area contributed by atoms with Gasteiger partial charge in [0.2, 0.25) is 5.82 Å². The Balaban J connectivity index is 1.97. The summed E-state index contributed by atoms with van der Waals surface area (Å²) in [7, 11) is 3.24. The molecule has 5 nitrogen and oxygen atoms in total. The van der Waals surface area contributed by atoms with Gasteiger partial charge in [-0.05, 0) is 30.5 Å². The lowest BCUT2D eigenvalue weighted by molar-refractivity contribution is -0.137. The zero-order valence-electron chi connectivity index (χ0n) is 16.6. The smallest absolute Gasteiger partial charge is 0.367 e. The average Bonchev–Trinajstić information content (AvgIpc) is 2.95. The quantitative estimate of drug-likeness (QED) is 0.726. The molecule has 1 heterocycles. The van der Waals surface area contributed by atoms with E-state index in [0.717, 1.165) is 37.8 Å². The standard InChI is InChI=1S/C21H25F3N4O/c1-28(2)20(29)19-25-13-17(14-9-11-15(12-10-14)21(22,23)24)18(27-19)26-16-7-5-3-4-6-8-16/h9-13,16H,3-8H2,1-2H3,(H,25,26,27). The third kappa shape index (κ3) is 5.25. The highest BCUT2D eigenvalue weighted by Crippen LogP contribution is 2.33. The Morgan fingerprint density at radius 3 is 2.24 bits per heavy atom. The van der Waals surface area contributed by atoms with Gasteiger partial charge in [0.15, 0.2) is 0 Å². The van der Waals surface area contributed by atoms with Crippen LogP contribution in [0.15, 0.2) is 30.5 Å². The first-order chi connectivity index (χ1) is 13.8. The van der Waals surface area contributed by atoms with Crippen LogP contribution >= 0.6 is 0 Å². The van der Waals surface area contributed by atoms with Crippen LogP contribution in [0.4, 0.5) is 19.0 Å². The lowest BCUT2D eigenvalue weighted by Gasteiger charge is -2.20. The number of carbonyl (C=O) groups excluding carboxylic acids is 1. The van der Waals surface area contributed by atoms with Crippen LogP contribution in [-0.2, 0) is 6.18 Å². The number of rotatable bonds is 4. The number of hydrogen-bond donors (Lipinski definition) is 1. The van der Waals surface area contributed by atoms with Crippen molar-refractivity contribution >= 4 is 11.7 Å². The van der Waals surface area contributed by atoms with Crippen molar-refractivity contribution in [3.05, 3.63) is 41.9 Å². The third-order valence-corrected chi connectivity index (χ3v) is 5.11. The van der Waals surface area contributed by atoms with Crippen molar-refractivity contribution in [3.63, 3.8) is 0 Å². The SMILES string of the molecule is CN(C)C(=O)c1ncc(-c2ccc(C(F)(F)F)cc2)c(NC2CCCCCC2)n1. The van der Waals surface area contributed by atoms with E-state index in [1.165, 1.54) is 36.1 Å². The Morgan fingerprint density at radius 1 is 1.07 bits per heavy atom. The third-order valence-electron chi connectivity index (χ3n) is 5.11. The van der Waals surface area contributed by atoms with Crippen LogP contribution in [0.25, 0.3) is 11.1 Å². The Morgan fingerprint density at radius 2 is 1.69 bits per heavy atom. The van der Waals surface area contributed by atoms with Crippen LogP contribution < -0.4 is 5.32 Å². The fourth-order valence-corrected chi connectivity index (χ4v) is 3.46. The van der Waals surface area contributed by atoms with Crippen molar-refractivity contribution in [2.24, 2.45) is 0 Å². The van der Waals surface area contributed by atoms with Crippen LogP contribution in [0.2, 0.25) is 0 Å². The molecule has 1 saturated carbocycles. The minimum atomic E-state index is -4.39. The number of alkyl halides is 3. The zero-order chi connectivity index (χ0) is 21.0. The molecular formula is C21H25F3N4O. The summed E-state index contributed by atoms with van der Waals surface area (Å²) in [5.41, 5.74) is 0.441. The summed E-state index contributed by atoms with van der Waals surface area (Å²) >= 11 is 0. The summed E-state index contributed by atoms with van der Waals surface area (Å²) in [5.74, 6) is 0.214. The molecule has 2 aromatic rings. The van der Waals surface area contributed by atoms with Gasteiger partial charge in [-0.1, -0.05) is 37.8 Å². The maximum atomic E-state index is 12.9. The zero-order valence-corrected chi connectivity index (χ0v) is 16.6. The van der Waals surface area contributed by atoms with E-state index >= 15 is 0 Å². The van der Waals surface area contributed by atoms with E-state index in [1.54, 1.807) is 14.1 Å². The molecule has 156 valence electrons. The number of nitrogens with zero attached hydrogens (tertiary/aromatic N) is 3. The van der Waals surface area contributed by atoms with Crippen molar-refractivity contribution < 1.29 is 18.0 Å². The van der Waals surface area contributed by atoms with Crippen LogP contribution in [0, 0.1) is 0 Å². The van der Waals surface area contributed by atoms with Gasteiger partial charge in [-0.15, -0.1) is 0 Å². The number of amides is 1. The molecule has 3 rings (SSSR count). The predicted molar refractivity (Wildman–Crippen MR) is 106 cm³/mol. The van der Waals surface area contributed by atoms with Crippen molar-refractivity contribution in [1.29, 1.82) is 0 Å². The van der Waals surface area contributed by atoms with Crippen molar-refractivity contribution in [1.82, 2.24) is 14.9 Å². The summed E-state index contributed by atoms with van der Waals surface area (Å²) in [6, 6.07) is 5.12. The molecule has 1 aromatic carbocycles. The fraction of sp³-hybridized carbons (Fsp3) is 0.476. The Kier molecular flexibility index (Phi) is 6.39. The predicted octanol–water partition coefficient (Wildman–Crippen LogP) is 5.00. The molecule has 1 amide bonds. The topological polar surface area (TPSA) is 58.1 Å². The van der Waals surface area contributed by atoms with Crippen LogP contribution in [0.5, 0.6) is 0 Å². The minimum absolute atomic E-state index is 0.0572. The maximum Gasteiger partial charge on any atom is 0.416 e. The van der Waals surface area contributed by atoms with Gasteiger partial charge in [-0.25, -0.2) is 9.97 Å². The van der Waals surface area contributed by atoms with Gasteiger partial charge in [0, 0.05) is 31.9 Å². The molecular weight excluding hydrogens is 381 g/mol. The van der Waals surface area contributed by atoms with Crippen LogP contribution in [-0.4, -0.2) is 40.9 Å². The maximum absolute atomic E-state index is 12.9. The van der Waals surface area contributed by atoms with Gasteiger partial charge in [0.1, 0.15) is 5.82 Å². The summed E-state index contributed by atoms with van der Waals surface area (Å²) < 4.78 is 38.7. The molecule has 0 bridgehead atoms. The summed E-state index contributed by atoms with van der Waals surface area (Å²) in [6.07, 6.45) is 3.71. The molecule has 0 unspecified atom stereocenters. The monoisotopic (exact) mass is 406 g/mol. The van der Waals surface area contributed by atoms with Gasteiger partial charge < -0.3 is 10.2 Å². The van der Waals surface area contributed by atoms with E-state index in [9.17, 15) is 18.0 Å². The highest BCUT2D eigenvalue weighted by atomic mass is 19.4. The first-order valence-corrected chi connectivity index (χ1v) is 9.78. The number of halogens is 3. The first-order valence-electron chi connectivity index (χ1n) is 9.78. The summed E-state index contributed by atoms with van der Waals surface area (Å²) in [5, 5.41) is 3.42. The highest BCUT2D eigenvalue weighted by Gasteiger charge is 2.30. The van der Waals surface area contributed by atoms with E-state index in [4.69, 9.17) is 0 Å². The fourth-order valence-electron chi connectivity index (χ4n) is 3.46. The number of nitrogens with one attached hydrogen (secondary N) is 1. The Hall–Kier alpha value is -2.64. The molecule has 1 aromatic heterocycles. The Bertz CT molecular complexity index is 842. The largest absolute Gasteiger partial charge is 0.416 e. The summed E-state index contributed by atoms with van der Waals surface area (Å²) in [6.45, 7) is 0. The number of hydrogen-bond acceptors (Lipinski definition) is 4. The average molecular weight is 406 g/mol. The van der Waals surface area contributed by atoms with Crippen molar-refractivity contribution in [2.75, 3.05) is 19.4 Å². The van der Waals surface area contributed by atoms with Gasteiger partial charge in [0.05, 0.1) is 5.56 Å². The molecule has 29 heavy (non-hydrogen) atoms. The lowest BCUT2D eigenvalue weighted by atomic mass is 10.0. The molecule has 0 atom stereocenters.